The topological polar surface area (TPSA) is 82.2 Å². The molecule has 0 spiro atoms. The Balaban J connectivity index is 0.00000200. The van der Waals surface area contributed by atoms with Gasteiger partial charge in [-0.05, 0) is 0 Å². The molecule has 1 fully saturated rings. The fourth-order valence-corrected chi connectivity index (χ4v) is 2.45. The number of benzene rings is 1. The van der Waals surface area contributed by atoms with Gasteiger partial charge in [-0.3, -0.25) is 15.0 Å². The standard InChI is InChI=1S/C13H16N4O2.2ClH/c14-6-5-12(16-9-7-15-8-10-16)11-3-1-2-4-13(11)17(18)19;;/h1-4,12,15H,5,7-10H2;2*1H/t12-;;/m0../s1. The molecule has 0 unspecified atom stereocenters. The minimum absolute atomic E-state index is 0. The zero-order valence-corrected chi connectivity index (χ0v) is 13.0. The molecule has 2 rings (SSSR count). The largest absolute Gasteiger partial charge is 0.314 e. The van der Waals surface area contributed by atoms with Crippen molar-refractivity contribution in [2.75, 3.05) is 26.2 Å². The van der Waals surface area contributed by atoms with Gasteiger partial charge in [0.25, 0.3) is 5.69 Å². The number of nitrogens with one attached hydrogen (secondary N) is 1. The molecule has 1 heterocycles. The smallest absolute Gasteiger partial charge is 0.274 e. The zero-order chi connectivity index (χ0) is 13.7. The Kier molecular flexibility index (Phi) is 8.90. The van der Waals surface area contributed by atoms with Crippen LogP contribution in [0.1, 0.15) is 18.0 Å². The van der Waals surface area contributed by atoms with Gasteiger partial charge in [0.2, 0.25) is 0 Å². The van der Waals surface area contributed by atoms with E-state index in [4.69, 9.17) is 5.26 Å². The summed E-state index contributed by atoms with van der Waals surface area (Å²) in [6, 6.07) is 8.64. The van der Waals surface area contributed by atoms with E-state index in [1.807, 2.05) is 0 Å². The molecule has 1 atom stereocenters. The van der Waals surface area contributed by atoms with Crippen molar-refractivity contribution in [2.24, 2.45) is 0 Å². The fraction of sp³-hybridized carbons (Fsp3) is 0.462. The van der Waals surface area contributed by atoms with Crippen LogP contribution in [0.3, 0.4) is 0 Å². The summed E-state index contributed by atoms with van der Waals surface area (Å²) in [5, 5.41) is 23.3. The van der Waals surface area contributed by atoms with Crippen molar-refractivity contribution in [3.8, 4) is 6.07 Å². The number of nitriles is 1. The Morgan fingerprint density at radius 2 is 1.95 bits per heavy atom. The van der Waals surface area contributed by atoms with Gasteiger partial charge in [-0.25, -0.2) is 0 Å². The zero-order valence-electron chi connectivity index (χ0n) is 11.4. The van der Waals surface area contributed by atoms with Gasteiger partial charge < -0.3 is 5.32 Å². The number of nitrogens with zero attached hydrogens (tertiary/aromatic N) is 3. The molecule has 0 aliphatic carbocycles. The summed E-state index contributed by atoms with van der Waals surface area (Å²) in [5.74, 6) is 0. The summed E-state index contributed by atoms with van der Waals surface area (Å²) in [6.07, 6.45) is 0.269. The highest BCUT2D eigenvalue weighted by molar-refractivity contribution is 5.85. The average molecular weight is 333 g/mol. The molecule has 1 aromatic carbocycles. The normalized spacial score (nSPS) is 16.0. The molecule has 6 nitrogen and oxygen atoms in total. The predicted molar refractivity (Wildman–Crippen MR) is 85.0 cm³/mol. The maximum absolute atomic E-state index is 11.1. The Morgan fingerprint density at radius 1 is 1.33 bits per heavy atom. The number of rotatable bonds is 4. The highest BCUT2D eigenvalue weighted by Gasteiger charge is 2.27. The van der Waals surface area contributed by atoms with Gasteiger partial charge in [0, 0.05) is 37.8 Å². The van der Waals surface area contributed by atoms with Gasteiger partial charge >= 0.3 is 0 Å². The van der Waals surface area contributed by atoms with E-state index in [1.165, 1.54) is 6.07 Å². The molecule has 1 aliphatic rings. The molecule has 1 aliphatic heterocycles. The maximum Gasteiger partial charge on any atom is 0.274 e. The van der Waals surface area contributed by atoms with Gasteiger partial charge in [-0.2, -0.15) is 5.26 Å². The van der Waals surface area contributed by atoms with Gasteiger partial charge in [-0.1, -0.05) is 18.2 Å². The van der Waals surface area contributed by atoms with Crippen LogP contribution in [0, 0.1) is 21.4 Å². The van der Waals surface area contributed by atoms with Crippen molar-refractivity contribution in [3.05, 3.63) is 39.9 Å². The molecule has 8 heteroatoms. The highest BCUT2D eigenvalue weighted by Crippen LogP contribution is 2.31. The quantitative estimate of drug-likeness (QED) is 0.675. The molecule has 1 aromatic rings. The second-order valence-corrected chi connectivity index (χ2v) is 4.48. The lowest BCUT2D eigenvalue weighted by Gasteiger charge is -2.33. The van der Waals surface area contributed by atoms with E-state index in [-0.39, 0.29) is 47.9 Å². The van der Waals surface area contributed by atoms with E-state index in [9.17, 15) is 10.1 Å². The van der Waals surface area contributed by atoms with Crippen molar-refractivity contribution in [1.82, 2.24) is 10.2 Å². The number of piperazine rings is 1. The molecule has 1 saturated heterocycles. The van der Waals surface area contributed by atoms with E-state index in [2.05, 4.69) is 16.3 Å². The lowest BCUT2D eigenvalue weighted by molar-refractivity contribution is -0.386. The number of halogens is 2. The third-order valence-electron chi connectivity index (χ3n) is 3.37. The number of hydrogen-bond donors (Lipinski definition) is 1. The molecule has 1 N–H and O–H groups in total. The van der Waals surface area contributed by atoms with Gasteiger partial charge in [-0.15, -0.1) is 24.8 Å². The summed E-state index contributed by atoms with van der Waals surface area (Å²) < 4.78 is 0. The number of para-hydroxylation sites is 1. The summed E-state index contributed by atoms with van der Waals surface area (Å²) in [4.78, 5) is 12.9. The molecule has 0 radical (unpaired) electrons. The molecule has 0 amide bonds. The van der Waals surface area contributed by atoms with Crippen LogP contribution in [0.25, 0.3) is 0 Å². The van der Waals surface area contributed by atoms with Crippen molar-refractivity contribution in [2.45, 2.75) is 12.5 Å². The van der Waals surface area contributed by atoms with E-state index in [1.54, 1.807) is 18.2 Å². The Hall–Kier alpha value is -1.39. The Bertz CT molecular complexity index is 501. The molecule has 0 bridgehead atoms. The minimum Gasteiger partial charge on any atom is -0.314 e. The molecule has 0 saturated carbocycles. The van der Waals surface area contributed by atoms with Crippen LogP contribution in [0.2, 0.25) is 0 Å². The summed E-state index contributed by atoms with van der Waals surface area (Å²) in [7, 11) is 0. The Labute approximate surface area is 136 Å². The van der Waals surface area contributed by atoms with Gasteiger partial charge in [0.05, 0.1) is 23.5 Å². The van der Waals surface area contributed by atoms with Gasteiger partial charge in [0.15, 0.2) is 0 Å². The lowest BCUT2D eigenvalue weighted by atomic mass is 10.00. The molecular formula is C13H18Cl2N4O2. The SMILES string of the molecule is Cl.Cl.N#CC[C@@H](c1ccccc1[N+](=O)[O-])N1CCNCC1. The average Bonchev–Trinajstić information content (AvgIpc) is 2.45. The Morgan fingerprint density at radius 3 is 2.52 bits per heavy atom. The predicted octanol–water partition coefficient (Wildman–Crippen LogP) is 2.30. The molecular weight excluding hydrogens is 315 g/mol. The minimum atomic E-state index is -0.373. The first-order valence-electron chi connectivity index (χ1n) is 6.29. The van der Waals surface area contributed by atoms with Crippen molar-refractivity contribution < 1.29 is 4.92 Å². The van der Waals surface area contributed by atoms with Gasteiger partial charge in [0.1, 0.15) is 0 Å². The summed E-state index contributed by atoms with van der Waals surface area (Å²) in [5.41, 5.74) is 0.734. The first-order chi connectivity index (χ1) is 9.24. The maximum atomic E-state index is 11.1. The second-order valence-electron chi connectivity index (χ2n) is 4.48. The number of nitro benzene ring substituents is 1. The molecule has 0 aromatic heterocycles. The lowest BCUT2D eigenvalue weighted by Crippen LogP contribution is -2.45. The van der Waals surface area contributed by atoms with Crippen LogP contribution in [0.5, 0.6) is 0 Å². The third kappa shape index (κ3) is 4.83. The fourth-order valence-electron chi connectivity index (χ4n) is 2.45. The van der Waals surface area contributed by atoms with Crippen LogP contribution in [-0.4, -0.2) is 36.0 Å². The first kappa shape index (κ1) is 19.6. The first-order valence-corrected chi connectivity index (χ1v) is 6.29. The second kappa shape index (κ2) is 9.53. The summed E-state index contributed by atoms with van der Waals surface area (Å²) >= 11 is 0. The van der Waals surface area contributed by atoms with Crippen LogP contribution in [-0.2, 0) is 0 Å². The van der Waals surface area contributed by atoms with E-state index >= 15 is 0 Å². The van der Waals surface area contributed by atoms with Crippen LogP contribution >= 0.6 is 24.8 Å². The third-order valence-corrected chi connectivity index (χ3v) is 3.37. The van der Waals surface area contributed by atoms with Crippen LogP contribution in [0.4, 0.5) is 5.69 Å². The summed E-state index contributed by atoms with van der Waals surface area (Å²) in [6.45, 7) is 3.31. The van der Waals surface area contributed by atoms with Crippen LogP contribution < -0.4 is 5.32 Å². The molecule has 116 valence electrons. The number of hydrogen-bond acceptors (Lipinski definition) is 5. The van der Waals surface area contributed by atoms with Crippen LogP contribution in [0.15, 0.2) is 24.3 Å². The highest BCUT2D eigenvalue weighted by atomic mass is 35.5. The van der Waals surface area contributed by atoms with Crippen molar-refractivity contribution in [3.63, 3.8) is 0 Å². The number of nitro groups is 1. The van der Waals surface area contributed by atoms with Crippen molar-refractivity contribution >= 4 is 30.5 Å². The van der Waals surface area contributed by atoms with E-state index in [0.29, 0.717) is 5.56 Å². The van der Waals surface area contributed by atoms with Crippen molar-refractivity contribution in [1.29, 1.82) is 5.26 Å². The van der Waals surface area contributed by atoms with E-state index < -0.39 is 0 Å². The van der Waals surface area contributed by atoms with E-state index in [0.717, 1.165) is 26.2 Å². The molecule has 21 heavy (non-hydrogen) atoms. The monoisotopic (exact) mass is 332 g/mol.